The fraction of sp³-hybridized carbons (Fsp3) is 0. The third-order valence-corrected chi connectivity index (χ3v) is 1.11. The molecule has 0 heterocycles. The first-order valence-corrected chi connectivity index (χ1v) is 3.33. The van der Waals surface area contributed by atoms with E-state index in [-0.39, 0.29) is 16.5 Å². The molecule has 0 amide bonds. The van der Waals surface area contributed by atoms with Crippen molar-refractivity contribution in [3.05, 3.63) is 64.2 Å². The molecule has 0 aromatic rings. The molecule has 0 bridgehead atoms. The van der Waals surface area contributed by atoms with Crippen molar-refractivity contribution < 1.29 is 16.5 Å². The monoisotopic (exact) mass is 188 g/mol. The van der Waals surface area contributed by atoms with Crippen molar-refractivity contribution >= 4 is 0 Å². The number of hydrogen-bond acceptors (Lipinski definition) is 0. The molecule has 0 atom stereocenters. The van der Waals surface area contributed by atoms with Gasteiger partial charge >= 0.3 is 16.5 Å². The summed E-state index contributed by atoms with van der Waals surface area (Å²) in [6, 6.07) is 0. The summed E-state index contributed by atoms with van der Waals surface area (Å²) in [5, 5.41) is 0. The van der Waals surface area contributed by atoms with E-state index in [1.807, 2.05) is 64.2 Å². The van der Waals surface area contributed by atoms with Gasteiger partial charge in [0, 0.05) is 0 Å². The van der Waals surface area contributed by atoms with Gasteiger partial charge in [-0.2, -0.15) is 0 Å². The van der Waals surface area contributed by atoms with Gasteiger partial charge in [-0.25, -0.2) is 0 Å². The van der Waals surface area contributed by atoms with Crippen LogP contribution >= 0.6 is 0 Å². The van der Waals surface area contributed by atoms with Crippen molar-refractivity contribution in [2.24, 2.45) is 0 Å². The Hall–Kier alpha value is 0.494. The topological polar surface area (TPSA) is 0 Å². The van der Waals surface area contributed by atoms with Gasteiger partial charge in [0.2, 0.25) is 0 Å². The molecule has 11 heavy (non-hydrogen) atoms. The molecule has 0 aliphatic heterocycles. The first-order chi connectivity index (χ1) is 5.00. The summed E-state index contributed by atoms with van der Waals surface area (Å²) < 4.78 is 0. The van der Waals surface area contributed by atoms with Gasteiger partial charge in [0.25, 0.3) is 0 Å². The zero-order valence-electron chi connectivity index (χ0n) is 6.09. The van der Waals surface area contributed by atoms with Gasteiger partial charge in [0.1, 0.15) is 0 Å². The summed E-state index contributed by atoms with van der Waals surface area (Å²) in [5.74, 6) is 0. The van der Waals surface area contributed by atoms with E-state index >= 15 is 0 Å². The van der Waals surface area contributed by atoms with Crippen LogP contribution in [-0.4, -0.2) is 0 Å². The van der Waals surface area contributed by atoms with E-state index in [0.717, 1.165) is 0 Å². The molecule has 2 aliphatic rings. The van der Waals surface area contributed by atoms with E-state index in [0.29, 0.717) is 0 Å². The van der Waals surface area contributed by atoms with Gasteiger partial charge < -0.3 is 0 Å². The Kier molecular flexibility index (Phi) is 8.97. The maximum absolute atomic E-state index is 2.00. The molecule has 1 heteroatoms. The molecule has 0 spiro atoms. The predicted octanol–water partition coefficient (Wildman–Crippen LogP) is 2.04. The van der Waals surface area contributed by atoms with Crippen LogP contribution in [0.5, 0.6) is 0 Å². The molecular formula is C10H10Ni+2. The molecule has 2 saturated carbocycles. The maximum Gasteiger partial charge on any atom is 2.00 e. The molecular weight excluding hydrogens is 179 g/mol. The van der Waals surface area contributed by atoms with Crippen molar-refractivity contribution in [3.63, 3.8) is 0 Å². The number of hydrogen-bond donors (Lipinski definition) is 0. The van der Waals surface area contributed by atoms with Crippen molar-refractivity contribution in [2.45, 2.75) is 0 Å². The summed E-state index contributed by atoms with van der Waals surface area (Å²) in [5.41, 5.74) is 0. The summed E-state index contributed by atoms with van der Waals surface area (Å²) >= 11 is 0. The Morgan fingerprint density at radius 2 is 0.364 bits per heavy atom. The Bertz CT molecular complexity index is 38.1. The third-order valence-electron chi connectivity index (χ3n) is 1.11. The SMILES string of the molecule is [CH]1[CH][CH][CH][CH]1.[CH]1[CH][CH][CH][CH]1.[Ni+2]. The maximum atomic E-state index is 2.00. The summed E-state index contributed by atoms with van der Waals surface area (Å²) in [4.78, 5) is 0. The third kappa shape index (κ3) is 6.87. The molecule has 2 aliphatic carbocycles. The van der Waals surface area contributed by atoms with Crippen LogP contribution < -0.4 is 0 Å². The molecule has 58 valence electrons. The first-order valence-electron chi connectivity index (χ1n) is 3.33. The molecule has 0 unspecified atom stereocenters. The van der Waals surface area contributed by atoms with Gasteiger partial charge in [-0.05, 0) is 64.2 Å². The van der Waals surface area contributed by atoms with Crippen LogP contribution in [0.1, 0.15) is 0 Å². The van der Waals surface area contributed by atoms with Crippen LogP contribution in [0, 0.1) is 64.2 Å². The van der Waals surface area contributed by atoms with Crippen LogP contribution in [0.2, 0.25) is 0 Å². The zero-order chi connectivity index (χ0) is 7.07. The van der Waals surface area contributed by atoms with Crippen LogP contribution in [0.3, 0.4) is 0 Å². The largest absolute Gasteiger partial charge is 2.00 e. The van der Waals surface area contributed by atoms with Crippen LogP contribution in [0.25, 0.3) is 0 Å². The van der Waals surface area contributed by atoms with E-state index in [9.17, 15) is 0 Å². The number of rotatable bonds is 0. The summed E-state index contributed by atoms with van der Waals surface area (Å²) in [6.45, 7) is 0. The Morgan fingerprint density at radius 3 is 0.455 bits per heavy atom. The molecule has 0 N–H and O–H groups in total. The van der Waals surface area contributed by atoms with Gasteiger partial charge in [-0.1, -0.05) is 0 Å². The van der Waals surface area contributed by atoms with E-state index in [4.69, 9.17) is 0 Å². The van der Waals surface area contributed by atoms with Gasteiger partial charge in [-0.3, -0.25) is 0 Å². The second-order valence-corrected chi connectivity index (χ2v) is 1.92. The van der Waals surface area contributed by atoms with Gasteiger partial charge in [0.15, 0.2) is 0 Å². The zero-order valence-corrected chi connectivity index (χ0v) is 7.08. The first kappa shape index (κ1) is 11.5. The van der Waals surface area contributed by atoms with Crippen molar-refractivity contribution in [1.29, 1.82) is 0 Å². The van der Waals surface area contributed by atoms with E-state index in [2.05, 4.69) is 0 Å². The van der Waals surface area contributed by atoms with Crippen LogP contribution in [-0.2, 0) is 16.5 Å². The van der Waals surface area contributed by atoms with Crippen molar-refractivity contribution in [3.8, 4) is 0 Å². The quantitative estimate of drug-likeness (QED) is 0.511. The summed E-state index contributed by atoms with van der Waals surface area (Å²) in [7, 11) is 0. The van der Waals surface area contributed by atoms with Gasteiger partial charge in [0.05, 0.1) is 0 Å². The van der Waals surface area contributed by atoms with Crippen molar-refractivity contribution in [2.75, 3.05) is 0 Å². The molecule has 0 aromatic heterocycles. The fourth-order valence-electron chi connectivity index (χ4n) is 0.642. The van der Waals surface area contributed by atoms with Gasteiger partial charge in [-0.15, -0.1) is 0 Å². The second kappa shape index (κ2) is 8.59. The molecule has 0 saturated heterocycles. The predicted molar refractivity (Wildman–Crippen MR) is 43.0 cm³/mol. The second-order valence-electron chi connectivity index (χ2n) is 1.92. The minimum Gasteiger partial charge on any atom is -0.0312 e. The molecule has 2 rings (SSSR count). The van der Waals surface area contributed by atoms with Crippen molar-refractivity contribution in [1.82, 2.24) is 0 Å². The average molecular weight is 189 g/mol. The molecule has 2 fully saturated rings. The van der Waals surface area contributed by atoms with Crippen LogP contribution in [0.15, 0.2) is 0 Å². The summed E-state index contributed by atoms with van der Waals surface area (Å²) in [6.07, 6.45) is 20.0. The molecule has 10 radical (unpaired) electrons. The minimum atomic E-state index is 0. The normalized spacial score (nSPS) is 21.8. The van der Waals surface area contributed by atoms with Crippen LogP contribution in [0.4, 0.5) is 0 Å². The Morgan fingerprint density at radius 1 is 0.273 bits per heavy atom. The Balaban J connectivity index is 0.000000167. The van der Waals surface area contributed by atoms with E-state index in [1.54, 1.807) is 0 Å². The Labute approximate surface area is 81.1 Å². The van der Waals surface area contributed by atoms with E-state index < -0.39 is 0 Å². The standard InChI is InChI=1S/2C5H5.Ni/c2*1-2-4-5-3-1;/h2*1-5H;/q;;+2. The minimum absolute atomic E-state index is 0. The molecule has 0 aromatic carbocycles. The molecule has 0 nitrogen and oxygen atoms in total. The van der Waals surface area contributed by atoms with E-state index in [1.165, 1.54) is 0 Å². The fourth-order valence-corrected chi connectivity index (χ4v) is 0.642. The average Bonchev–Trinajstić information content (AvgIpc) is 2.67. The smallest absolute Gasteiger partial charge is 0.0312 e.